The predicted octanol–water partition coefficient (Wildman–Crippen LogP) is 1.65. The fraction of sp³-hybridized carbons (Fsp3) is 0.750. The lowest BCUT2D eigenvalue weighted by atomic mass is 9.87. The SMILES string of the molecule is O=C(Cn1cccn1)N1CCCCCC1C1CCNCC1. The van der Waals surface area contributed by atoms with Gasteiger partial charge in [0.15, 0.2) is 0 Å². The van der Waals surface area contributed by atoms with Gasteiger partial charge in [0.1, 0.15) is 6.54 Å². The molecule has 0 aliphatic carbocycles. The third kappa shape index (κ3) is 3.64. The van der Waals surface area contributed by atoms with Crippen LogP contribution in [0.15, 0.2) is 18.5 Å². The summed E-state index contributed by atoms with van der Waals surface area (Å²) in [7, 11) is 0. The van der Waals surface area contributed by atoms with Gasteiger partial charge in [-0.2, -0.15) is 5.10 Å². The van der Waals surface area contributed by atoms with Crippen LogP contribution in [0.2, 0.25) is 0 Å². The van der Waals surface area contributed by atoms with Gasteiger partial charge in [-0.25, -0.2) is 0 Å². The first-order valence-electron chi connectivity index (χ1n) is 8.32. The summed E-state index contributed by atoms with van der Waals surface area (Å²) >= 11 is 0. The minimum atomic E-state index is 0.240. The molecule has 5 nitrogen and oxygen atoms in total. The van der Waals surface area contributed by atoms with Gasteiger partial charge in [0.05, 0.1) is 0 Å². The van der Waals surface area contributed by atoms with E-state index in [2.05, 4.69) is 15.3 Å². The summed E-state index contributed by atoms with van der Waals surface area (Å²) in [5, 5.41) is 7.60. The summed E-state index contributed by atoms with van der Waals surface area (Å²) < 4.78 is 1.74. The van der Waals surface area contributed by atoms with Crippen molar-refractivity contribution < 1.29 is 4.79 Å². The molecule has 0 aromatic carbocycles. The number of nitrogens with zero attached hydrogens (tertiary/aromatic N) is 3. The molecule has 0 spiro atoms. The van der Waals surface area contributed by atoms with Gasteiger partial charge in [-0.3, -0.25) is 9.48 Å². The molecule has 1 aromatic rings. The number of hydrogen-bond donors (Lipinski definition) is 1. The standard InChI is InChI=1S/C16H26N4O/c21-16(13-19-11-4-8-18-19)20-12-3-1-2-5-15(20)14-6-9-17-10-7-14/h4,8,11,14-15,17H,1-3,5-7,9-10,12-13H2. The maximum atomic E-state index is 12.7. The van der Waals surface area contributed by atoms with E-state index in [4.69, 9.17) is 0 Å². The van der Waals surface area contributed by atoms with E-state index in [1.54, 1.807) is 10.9 Å². The van der Waals surface area contributed by atoms with E-state index in [1.807, 2.05) is 12.3 Å². The minimum absolute atomic E-state index is 0.240. The van der Waals surface area contributed by atoms with Crippen molar-refractivity contribution in [2.45, 2.75) is 51.1 Å². The Hall–Kier alpha value is -1.36. The molecule has 116 valence electrons. The molecule has 3 rings (SSSR count). The monoisotopic (exact) mass is 290 g/mol. The maximum absolute atomic E-state index is 12.7. The summed E-state index contributed by atoms with van der Waals surface area (Å²) in [4.78, 5) is 14.9. The molecule has 21 heavy (non-hydrogen) atoms. The molecule has 1 atom stereocenters. The summed E-state index contributed by atoms with van der Waals surface area (Å²) in [5.74, 6) is 0.912. The van der Waals surface area contributed by atoms with E-state index >= 15 is 0 Å². The van der Waals surface area contributed by atoms with Crippen molar-refractivity contribution in [3.8, 4) is 0 Å². The molecule has 1 unspecified atom stereocenters. The highest BCUT2D eigenvalue weighted by atomic mass is 16.2. The Morgan fingerprint density at radius 2 is 2.05 bits per heavy atom. The van der Waals surface area contributed by atoms with Crippen LogP contribution in [0.25, 0.3) is 0 Å². The molecule has 2 saturated heterocycles. The van der Waals surface area contributed by atoms with Crippen molar-refractivity contribution in [2.75, 3.05) is 19.6 Å². The van der Waals surface area contributed by atoms with Gasteiger partial charge >= 0.3 is 0 Å². The third-order valence-corrected chi connectivity index (χ3v) is 4.90. The Labute approximate surface area is 126 Å². The highest BCUT2D eigenvalue weighted by Crippen LogP contribution is 2.28. The molecule has 0 radical (unpaired) electrons. The molecule has 0 saturated carbocycles. The fourth-order valence-electron chi connectivity index (χ4n) is 3.79. The molecule has 1 amide bonds. The van der Waals surface area contributed by atoms with Crippen LogP contribution >= 0.6 is 0 Å². The first-order chi connectivity index (χ1) is 10.3. The number of amides is 1. The highest BCUT2D eigenvalue weighted by molar-refractivity contribution is 5.76. The van der Waals surface area contributed by atoms with E-state index in [9.17, 15) is 4.79 Å². The maximum Gasteiger partial charge on any atom is 0.244 e. The molecular formula is C16H26N4O. The summed E-state index contributed by atoms with van der Waals surface area (Å²) in [6.45, 7) is 3.51. The minimum Gasteiger partial charge on any atom is -0.338 e. The van der Waals surface area contributed by atoms with E-state index in [0.717, 1.165) is 26.1 Å². The highest BCUT2D eigenvalue weighted by Gasteiger charge is 2.32. The number of piperidine rings is 1. The van der Waals surface area contributed by atoms with Gasteiger partial charge in [0.2, 0.25) is 5.91 Å². The van der Waals surface area contributed by atoms with E-state index in [-0.39, 0.29) is 5.91 Å². The van der Waals surface area contributed by atoms with Crippen molar-refractivity contribution in [1.29, 1.82) is 0 Å². The van der Waals surface area contributed by atoms with Gasteiger partial charge in [-0.1, -0.05) is 12.8 Å². The number of aromatic nitrogens is 2. The van der Waals surface area contributed by atoms with Crippen molar-refractivity contribution in [2.24, 2.45) is 5.92 Å². The Balaban J connectivity index is 1.69. The molecular weight excluding hydrogens is 264 g/mol. The van der Waals surface area contributed by atoms with Crippen molar-refractivity contribution >= 4 is 5.91 Å². The van der Waals surface area contributed by atoms with E-state index < -0.39 is 0 Å². The Morgan fingerprint density at radius 3 is 2.81 bits per heavy atom. The second-order valence-electron chi connectivity index (χ2n) is 6.29. The third-order valence-electron chi connectivity index (χ3n) is 4.90. The van der Waals surface area contributed by atoms with Gasteiger partial charge < -0.3 is 10.2 Å². The molecule has 0 bridgehead atoms. The van der Waals surface area contributed by atoms with Gasteiger partial charge in [-0.15, -0.1) is 0 Å². The first kappa shape index (κ1) is 14.6. The summed E-state index contributed by atoms with van der Waals surface area (Å²) in [5.41, 5.74) is 0. The van der Waals surface area contributed by atoms with Crippen molar-refractivity contribution in [1.82, 2.24) is 20.0 Å². The molecule has 5 heteroatoms. The Bertz CT molecular complexity index is 439. The largest absolute Gasteiger partial charge is 0.338 e. The summed E-state index contributed by atoms with van der Waals surface area (Å²) in [6, 6.07) is 2.32. The molecule has 2 aliphatic rings. The van der Waals surface area contributed by atoms with Crippen LogP contribution < -0.4 is 5.32 Å². The predicted molar refractivity (Wildman–Crippen MR) is 81.8 cm³/mol. The lowest BCUT2D eigenvalue weighted by Gasteiger charge is -2.38. The quantitative estimate of drug-likeness (QED) is 0.921. The number of rotatable bonds is 3. The van der Waals surface area contributed by atoms with Crippen LogP contribution in [0.3, 0.4) is 0 Å². The fourth-order valence-corrected chi connectivity index (χ4v) is 3.79. The number of carbonyl (C=O) groups excluding carboxylic acids is 1. The second-order valence-corrected chi connectivity index (χ2v) is 6.29. The number of carbonyl (C=O) groups is 1. The van der Waals surface area contributed by atoms with Crippen LogP contribution in [0.1, 0.15) is 38.5 Å². The van der Waals surface area contributed by atoms with Crippen LogP contribution in [-0.4, -0.2) is 46.3 Å². The van der Waals surface area contributed by atoms with Crippen LogP contribution in [-0.2, 0) is 11.3 Å². The lowest BCUT2D eigenvalue weighted by molar-refractivity contribution is -0.135. The van der Waals surface area contributed by atoms with E-state index in [0.29, 0.717) is 18.5 Å². The Kier molecular flexibility index (Phi) is 4.91. The smallest absolute Gasteiger partial charge is 0.244 e. The van der Waals surface area contributed by atoms with Crippen LogP contribution in [0.5, 0.6) is 0 Å². The zero-order valence-corrected chi connectivity index (χ0v) is 12.7. The van der Waals surface area contributed by atoms with Gasteiger partial charge in [0, 0.05) is 25.0 Å². The average molecular weight is 290 g/mol. The van der Waals surface area contributed by atoms with Gasteiger partial charge in [-0.05, 0) is 50.8 Å². The summed E-state index contributed by atoms with van der Waals surface area (Å²) in [6.07, 6.45) is 10.9. The zero-order chi connectivity index (χ0) is 14.5. The molecule has 3 heterocycles. The van der Waals surface area contributed by atoms with E-state index in [1.165, 1.54) is 32.1 Å². The molecule has 1 N–H and O–H groups in total. The number of nitrogens with one attached hydrogen (secondary N) is 1. The van der Waals surface area contributed by atoms with Crippen LogP contribution in [0.4, 0.5) is 0 Å². The topological polar surface area (TPSA) is 50.2 Å². The number of likely N-dealkylation sites (tertiary alicyclic amines) is 1. The zero-order valence-electron chi connectivity index (χ0n) is 12.7. The number of hydrogen-bond acceptors (Lipinski definition) is 3. The molecule has 2 aliphatic heterocycles. The van der Waals surface area contributed by atoms with Crippen molar-refractivity contribution in [3.63, 3.8) is 0 Å². The lowest BCUT2D eigenvalue weighted by Crippen LogP contribution is -2.48. The van der Waals surface area contributed by atoms with Crippen molar-refractivity contribution in [3.05, 3.63) is 18.5 Å². The average Bonchev–Trinajstić information content (AvgIpc) is 2.89. The molecule has 1 aromatic heterocycles. The van der Waals surface area contributed by atoms with Gasteiger partial charge in [0.25, 0.3) is 0 Å². The Morgan fingerprint density at radius 1 is 1.19 bits per heavy atom. The van der Waals surface area contributed by atoms with Crippen LogP contribution in [0, 0.1) is 5.92 Å². The second kappa shape index (κ2) is 7.07. The normalized spacial score (nSPS) is 24.8. The first-order valence-corrected chi connectivity index (χ1v) is 8.32. The molecule has 2 fully saturated rings.